The summed E-state index contributed by atoms with van der Waals surface area (Å²) in [6, 6.07) is 11.9. The molecule has 7 heteroatoms. The summed E-state index contributed by atoms with van der Waals surface area (Å²) in [6.45, 7) is -0.472. The van der Waals surface area contributed by atoms with E-state index in [2.05, 4.69) is 10.6 Å². The van der Waals surface area contributed by atoms with Crippen LogP contribution in [0.1, 0.15) is 15.9 Å². The van der Waals surface area contributed by atoms with Crippen molar-refractivity contribution in [1.29, 1.82) is 0 Å². The van der Waals surface area contributed by atoms with E-state index in [1.165, 1.54) is 36.4 Å². The Balaban J connectivity index is 1.94. The maximum Gasteiger partial charge on any atom is 0.322 e. The van der Waals surface area contributed by atoms with Gasteiger partial charge in [0, 0.05) is 11.3 Å². The first-order chi connectivity index (χ1) is 11.5. The molecule has 2 aromatic rings. The highest BCUT2D eigenvalue weighted by Crippen LogP contribution is 2.12. The molecule has 0 fully saturated rings. The number of nitrogens with one attached hydrogen (secondary N) is 2. The second kappa shape index (κ2) is 7.87. The molecule has 0 radical (unpaired) electrons. The summed E-state index contributed by atoms with van der Waals surface area (Å²) < 4.78 is 13.5. The van der Waals surface area contributed by atoms with E-state index >= 15 is 0 Å². The standard InChI is InChI=1S/C17H15FN2O4/c18-14-4-2-1-3-12(14)9-15(21)20-13-7-5-11(6-8-13)17(24)19-10-16(22)23/h1-8H,9-10H2,(H,19,24)(H,20,21)(H,22,23). The van der Waals surface area contributed by atoms with Gasteiger partial charge in [-0.05, 0) is 35.9 Å². The maximum atomic E-state index is 13.5. The summed E-state index contributed by atoms with van der Waals surface area (Å²) in [5.74, 6) is -2.50. The molecule has 0 aliphatic carbocycles. The van der Waals surface area contributed by atoms with Gasteiger partial charge in [0.1, 0.15) is 12.4 Å². The van der Waals surface area contributed by atoms with Crippen molar-refractivity contribution in [1.82, 2.24) is 5.32 Å². The number of aliphatic carboxylic acids is 1. The zero-order valence-electron chi connectivity index (χ0n) is 12.6. The van der Waals surface area contributed by atoms with Crippen LogP contribution in [0.2, 0.25) is 0 Å². The third kappa shape index (κ3) is 4.91. The number of hydrogen-bond donors (Lipinski definition) is 3. The van der Waals surface area contributed by atoms with Gasteiger partial charge in [-0.15, -0.1) is 0 Å². The summed E-state index contributed by atoms with van der Waals surface area (Å²) in [7, 11) is 0. The van der Waals surface area contributed by atoms with Crippen LogP contribution in [0.4, 0.5) is 10.1 Å². The third-order valence-electron chi connectivity index (χ3n) is 3.14. The van der Waals surface area contributed by atoms with Crippen molar-refractivity contribution in [3.05, 3.63) is 65.5 Å². The van der Waals surface area contributed by atoms with Gasteiger partial charge in [-0.1, -0.05) is 18.2 Å². The lowest BCUT2D eigenvalue weighted by Crippen LogP contribution is -2.29. The van der Waals surface area contributed by atoms with Gasteiger partial charge < -0.3 is 15.7 Å². The van der Waals surface area contributed by atoms with Gasteiger partial charge in [0.2, 0.25) is 5.91 Å². The number of amides is 2. The fraction of sp³-hybridized carbons (Fsp3) is 0.118. The summed E-state index contributed by atoms with van der Waals surface area (Å²) in [5, 5.41) is 13.3. The molecule has 0 unspecified atom stereocenters. The molecule has 0 saturated heterocycles. The minimum Gasteiger partial charge on any atom is -0.480 e. The average Bonchev–Trinajstić information content (AvgIpc) is 2.55. The zero-order chi connectivity index (χ0) is 17.5. The largest absolute Gasteiger partial charge is 0.480 e. The van der Waals surface area contributed by atoms with Crippen molar-refractivity contribution in [2.75, 3.05) is 11.9 Å². The molecule has 0 aromatic heterocycles. The molecule has 2 rings (SSSR count). The second-order valence-corrected chi connectivity index (χ2v) is 4.97. The Morgan fingerprint density at radius 3 is 2.29 bits per heavy atom. The Hall–Kier alpha value is -3.22. The molecule has 0 heterocycles. The van der Waals surface area contributed by atoms with Crippen LogP contribution in [0.15, 0.2) is 48.5 Å². The first-order valence-electron chi connectivity index (χ1n) is 7.09. The van der Waals surface area contributed by atoms with E-state index in [1.807, 2.05) is 0 Å². The van der Waals surface area contributed by atoms with E-state index in [9.17, 15) is 18.8 Å². The molecule has 0 aliphatic rings. The summed E-state index contributed by atoms with van der Waals surface area (Å²) in [4.78, 5) is 34.0. The minimum atomic E-state index is -1.14. The van der Waals surface area contributed by atoms with E-state index in [0.717, 1.165) is 0 Å². The molecule has 0 saturated carbocycles. The van der Waals surface area contributed by atoms with Crippen LogP contribution in [-0.4, -0.2) is 29.4 Å². The number of rotatable bonds is 6. The average molecular weight is 330 g/mol. The quantitative estimate of drug-likeness (QED) is 0.753. The van der Waals surface area contributed by atoms with Crippen LogP contribution in [0.3, 0.4) is 0 Å². The van der Waals surface area contributed by atoms with Crippen molar-refractivity contribution in [3.63, 3.8) is 0 Å². The molecule has 24 heavy (non-hydrogen) atoms. The fourth-order valence-corrected chi connectivity index (χ4v) is 1.98. The van der Waals surface area contributed by atoms with E-state index < -0.39 is 24.2 Å². The van der Waals surface area contributed by atoms with Gasteiger partial charge >= 0.3 is 5.97 Å². The highest BCUT2D eigenvalue weighted by Gasteiger charge is 2.10. The Labute approximate surface area is 137 Å². The number of anilines is 1. The first-order valence-corrected chi connectivity index (χ1v) is 7.09. The molecular formula is C17H15FN2O4. The lowest BCUT2D eigenvalue weighted by molar-refractivity contribution is -0.135. The molecule has 2 aromatic carbocycles. The Bertz CT molecular complexity index is 759. The van der Waals surface area contributed by atoms with Gasteiger partial charge in [-0.3, -0.25) is 14.4 Å². The number of carbonyl (C=O) groups is 3. The molecule has 0 spiro atoms. The summed E-state index contributed by atoms with van der Waals surface area (Å²) in [6.07, 6.45) is -0.104. The smallest absolute Gasteiger partial charge is 0.322 e. The van der Waals surface area contributed by atoms with Crippen molar-refractivity contribution in [2.24, 2.45) is 0 Å². The number of halogens is 1. The van der Waals surface area contributed by atoms with Gasteiger partial charge in [0.15, 0.2) is 0 Å². The number of carboxylic acid groups (broad SMARTS) is 1. The van der Waals surface area contributed by atoms with Crippen LogP contribution in [0.25, 0.3) is 0 Å². The van der Waals surface area contributed by atoms with Crippen LogP contribution < -0.4 is 10.6 Å². The molecule has 6 nitrogen and oxygen atoms in total. The van der Waals surface area contributed by atoms with Gasteiger partial charge in [-0.25, -0.2) is 4.39 Å². The van der Waals surface area contributed by atoms with Crippen LogP contribution in [-0.2, 0) is 16.0 Å². The van der Waals surface area contributed by atoms with E-state index in [-0.39, 0.29) is 17.9 Å². The normalized spacial score (nSPS) is 10.0. The van der Waals surface area contributed by atoms with Crippen LogP contribution in [0.5, 0.6) is 0 Å². The molecule has 0 aliphatic heterocycles. The SMILES string of the molecule is O=C(O)CNC(=O)c1ccc(NC(=O)Cc2ccccc2F)cc1. The number of carboxylic acids is 1. The van der Waals surface area contributed by atoms with Gasteiger partial charge in [0.05, 0.1) is 6.42 Å². The summed E-state index contributed by atoms with van der Waals surface area (Å²) >= 11 is 0. The second-order valence-electron chi connectivity index (χ2n) is 4.97. The highest BCUT2D eigenvalue weighted by molar-refractivity contribution is 5.97. The van der Waals surface area contributed by atoms with Gasteiger partial charge in [-0.2, -0.15) is 0 Å². The molecule has 0 bridgehead atoms. The predicted octanol–water partition coefficient (Wildman–Crippen LogP) is 1.82. The predicted molar refractivity (Wildman–Crippen MR) is 85.1 cm³/mol. The van der Waals surface area contributed by atoms with Crippen LogP contribution >= 0.6 is 0 Å². The third-order valence-corrected chi connectivity index (χ3v) is 3.14. The van der Waals surface area contributed by atoms with Crippen molar-refractivity contribution >= 4 is 23.5 Å². The van der Waals surface area contributed by atoms with Crippen molar-refractivity contribution in [2.45, 2.75) is 6.42 Å². The summed E-state index contributed by atoms with van der Waals surface area (Å²) in [5.41, 5.74) is 1.01. The molecule has 2 amide bonds. The highest BCUT2D eigenvalue weighted by atomic mass is 19.1. The zero-order valence-corrected chi connectivity index (χ0v) is 12.6. The number of benzene rings is 2. The Morgan fingerprint density at radius 1 is 1.00 bits per heavy atom. The lowest BCUT2D eigenvalue weighted by Gasteiger charge is -2.07. The maximum absolute atomic E-state index is 13.5. The monoisotopic (exact) mass is 330 g/mol. The minimum absolute atomic E-state index is 0.104. The molecule has 0 atom stereocenters. The Kier molecular flexibility index (Phi) is 5.62. The lowest BCUT2D eigenvalue weighted by atomic mass is 10.1. The van der Waals surface area contributed by atoms with Gasteiger partial charge in [0.25, 0.3) is 5.91 Å². The van der Waals surface area contributed by atoms with Crippen molar-refractivity contribution < 1.29 is 23.9 Å². The van der Waals surface area contributed by atoms with E-state index in [4.69, 9.17) is 5.11 Å². The topological polar surface area (TPSA) is 95.5 Å². The number of carbonyl (C=O) groups excluding carboxylic acids is 2. The van der Waals surface area contributed by atoms with Crippen LogP contribution in [0, 0.1) is 5.82 Å². The van der Waals surface area contributed by atoms with E-state index in [0.29, 0.717) is 11.3 Å². The Morgan fingerprint density at radius 2 is 1.67 bits per heavy atom. The molecular weight excluding hydrogens is 315 g/mol. The first kappa shape index (κ1) is 17.1. The molecule has 124 valence electrons. The molecule has 3 N–H and O–H groups in total. The number of hydrogen-bond acceptors (Lipinski definition) is 3. The van der Waals surface area contributed by atoms with E-state index in [1.54, 1.807) is 12.1 Å². The fourth-order valence-electron chi connectivity index (χ4n) is 1.98. The van der Waals surface area contributed by atoms with Crippen molar-refractivity contribution in [3.8, 4) is 0 Å².